The summed E-state index contributed by atoms with van der Waals surface area (Å²) in [5.41, 5.74) is 7.50. The van der Waals surface area contributed by atoms with Gasteiger partial charge in [-0.05, 0) is 42.7 Å². The first-order chi connectivity index (χ1) is 9.20. The number of benzene rings is 1. The molecule has 3 N–H and O–H groups in total. The Morgan fingerprint density at radius 2 is 2.16 bits per heavy atom. The average Bonchev–Trinajstić information content (AvgIpc) is 2.84. The number of carbonyl (C=O) groups is 1. The maximum absolute atomic E-state index is 11.9. The van der Waals surface area contributed by atoms with Crippen molar-refractivity contribution in [1.29, 1.82) is 0 Å². The van der Waals surface area contributed by atoms with Crippen LogP contribution in [0.15, 0.2) is 24.3 Å². The molecule has 0 aliphatic heterocycles. The van der Waals surface area contributed by atoms with E-state index in [2.05, 4.69) is 26.7 Å². The van der Waals surface area contributed by atoms with Crippen LogP contribution in [0.5, 0.6) is 0 Å². The van der Waals surface area contributed by atoms with E-state index < -0.39 is 0 Å². The number of aromatic nitrogens is 2. The zero-order valence-electron chi connectivity index (χ0n) is 10.3. The van der Waals surface area contributed by atoms with Gasteiger partial charge in [-0.2, -0.15) is 0 Å². The smallest absolute Gasteiger partial charge is 0.269 e. The van der Waals surface area contributed by atoms with Gasteiger partial charge in [-0.25, -0.2) is 0 Å². The molecule has 0 saturated carbocycles. The summed E-state index contributed by atoms with van der Waals surface area (Å²) < 4.78 is 3.73. The van der Waals surface area contributed by atoms with E-state index >= 15 is 0 Å². The molecule has 5 nitrogen and oxygen atoms in total. The highest BCUT2D eigenvalue weighted by atomic mass is 32.1. The Morgan fingerprint density at radius 1 is 1.42 bits per heavy atom. The van der Waals surface area contributed by atoms with Gasteiger partial charge >= 0.3 is 0 Å². The summed E-state index contributed by atoms with van der Waals surface area (Å²) in [5, 5.41) is 6.59. The molecule has 1 aromatic heterocycles. The van der Waals surface area contributed by atoms with E-state index in [1.807, 2.05) is 12.1 Å². The zero-order valence-corrected chi connectivity index (χ0v) is 11.1. The van der Waals surface area contributed by atoms with Crippen molar-refractivity contribution in [2.45, 2.75) is 6.92 Å². The van der Waals surface area contributed by atoms with E-state index in [1.165, 1.54) is 0 Å². The fourth-order valence-corrected chi connectivity index (χ4v) is 1.97. The average molecular weight is 272 g/mol. The monoisotopic (exact) mass is 272 g/mol. The first kappa shape index (κ1) is 13.2. The molecule has 1 aromatic carbocycles. The molecular formula is C13H12N4OS. The van der Waals surface area contributed by atoms with Crippen LogP contribution in [0.3, 0.4) is 0 Å². The lowest BCUT2D eigenvalue weighted by molar-refractivity contribution is 0.103. The Kier molecular flexibility index (Phi) is 4.23. The number of rotatable bonds is 2. The molecular weight excluding hydrogens is 260 g/mol. The van der Waals surface area contributed by atoms with Gasteiger partial charge < -0.3 is 11.1 Å². The van der Waals surface area contributed by atoms with E-state index in [0.717, 1.165) is 17.1 Å². The molecule has 2 aromatic rings. The van der Waals surface area contributed by atoms with E-state index in [9.17, 15) is 4.79 Å². The minimum Gasteiger partial charge on any atom is -0.321 e. The number of nitrogens with zero attached hydrogens (tertiary/aromatic N) is 2. The fraction of sp³-hybridized carbons (Fsp3) is 0.154. The Balaban J connectivity index is 2.08. The Bertz CT molecular complexity index is 637. The lowest BCUT2D eigenvalue weighted by Gasteiger charge is -2.03. The van der Waals surface area contributed by atoms with Gasteiger partial charge in [0.15, 0.2) is 0 Å². The quantitative estimate of drug-likeness (QED) is 0.810. The molecule has 19 heavy (non-hydrogen) atoms. The molecule has 0 aliphatic carbocycles. The zero-order chi connectivity index (χ0) is 13.7. The van der Waals surface area contributed by atoms with Crippen LogP contribution in [-0.2, 0) is 0 Å². The molecule has 0 fully saturated rings. The third-order valence-electron chi connectivity index (χ3n) is 2.34. The van der Waals surface area contributed by atoms with Crippen LogP contribution in [0.25, 0.3) is 0 Å². The van der Waals surface area contributed by atoms with Crippen LogP contribution < -0.4 is 11.1 Å². The number of nitrogens with one attached hydrogen (secondary N) is 1. The molecule has 0 unspecified atom stereocenters. The van der Waals surface area contributed by atoms with E-state index in [4.69, 9.17) is 5.73 Å². The van der Waals surface area contributed by atoms with Gasteiger partial charge in [-0.3, -0.25) is 4.79 Å². The number of aryl methyl sites for hydroxylation is 1. The topological polar surface area (TPSA) is 80.9 Å². The maximum Gasteiger partial charge on any atom is 0.269 e. The molecule has 6 heteroatoms. The summed E-state index contributed by atoms with van der Waals surface area (Å²) in [5.74, 6) is 5.49. The number of amides is 1. The van der Waals surface area contributed by atoms with Crippen LogP contribution in [0.1, 0.15) is 20.9 Å². The van der Waals surface area contributed by atoms with E-state index in [1.54, 1.807) is 19.1 Å². The van der Waals surface area contributed by atoms with Crippen LogP contribution in [-0.4, -0.2) is 22.0 Å². The largest absolute Gasteiger partial charge is 0.321 e. The van der Waals surface area contributed by atoms with Crippen LogP contribution in [0.2, 0.25) is 0 Å². The van der Waals surface area contributed by atoms with Crippen molar-refractivity contribution < 1.29 is 4.79 Å². The Labute approximate surface area is 115 Å². The highest BCUT2D eigenvalue weighted by Gasteiger charge is 2.12. The molecule has 0 spiro atoms. The predicted octanol–water partition coefficient (Wildman–Crippen LogP) is 1.41. The van der Waals surface area contributed by atoms with Crippen molar-refractivity contribution in [3.8, 4) is 11.8 Å². The van der Waals surface area contributed by atoms with Crippen molar-refractivity contribution in [3.05, 3.63) is 40.4 Å². The van der Waals surface area contributed by atoms with Crippen LogP contribution in [0.4, 0.5) is 5.69 Å². The first-order valence-electron chi connectivity index (χ1n) is 5.60. The van der Waals surface area contributed by atoms with Crippen LogP contribution >= 0.6 is 11.5 Å². The van der Waals surface area contributed by atoms with E-state index in [-0.39, 0.29) is 5.91 Å². The summed E-state index contributed by atoms with van der Waals surface area (Å²) in [6, 6.07) is 7.25. The third kappa shape index (κ3) is 3.37. The highest BCUT2D eigenvalue weighted by molar-refractivity contribution is 7.08. The molecule has 0 atom stereocenters. The Morgan fingerprint density at radius 3 is 2.74 bits per heavy atom. The predicted molar refractivity (Wildman–Crippen MR) is 75.0 cm³/mol. The molecule has 0 aliphatic rings. The van der Waals surface area contributed by atoms with Crippen molar-refractivity contribution >= 4 is 23.1 Å². The summed E-state index contributed by atoms with van der Waals surface area (Å²) in [6.45, 7) is 2.08. The van der Waals surface area contributed by atoms with Gasteiger partial charge in [0.1, 0.15) is 4.88 Å². The number of carbonyl (C=O) groups excluding carboxylic acids is 1. The van der Waals surface area contributed by atoms with Gasteiger partial charge in [-0.1, -0.05) is 16.3 Å². The molecule has 2 rings (SSSR count). The number of nitrogens with two attached hydrogens (primary N) is 1. The molecule has 1 amide bonds. The Hall–Kier alpha value is -2.23. The SMILES string of the molecule is Cc1nnsc1C(=O)Nc1ccc(C#CCN)cc1. The summed E-state index contributed by atoms with van der Waals surface area (Å²) in [4.78, 5) is 12.4. The van der Waals surface area contributed by atoms with Crippen molar-refractivity contribution in [1.82, 2.24) is 9.59 Å². The van der Waals surface area contributed by atoms with E-state index in [0.29, 0.717) is 22.8 Å². The van der Waals surface area contributed by atoms with Crippen molar-refractivity contribution in [2.24, 2.45) is 5.73 Å². The number of hydrogen-bond donors (Lipinski definition) is 2. The lowest BCUT2D eigenvalue weighted by Crippen LogP contribution is -2.11. The van der Waals surface area contributed by atoms with Crippen molar-refractivity contribution in [2.75, 3.05) is 11.9 Å². The lowest BCUT2D eigenvalue weighted by atomic mass is 10.2. The third-order valence-corrected chi connectivity index (χ3v) is 3.16. The summed E-state index contributed by atoms with van der Waals surface area (Å²) in [7, 11) is 0. The minimum atomic E-state index is -0.201. The second-order valence-corrected chi connectivity index (χ2v) is 4.48. The molecule has 96 valence electrons. The number of anilines is 1. The molecule has 0 saturated heterocycles. The van der Waals surface area contributed by atoms with Crippen molar-refractivity contribution in [3.63, 3.8) is 0 Å². The van der Waals surface area contributed by atoms with Gasteiger partial charge in [0.25, 0.3) is 5.91 Å². The first-order valence-corrected chi connectivity index (χ1v) is 6.37. The van der Waals surface area contributed by atoms with Gasteiger partial charge in [0, 0.05) is 11.3 Å². The normalized spacial score (nSPS) is 9.58. The maximum atomic E-state index is 11.9. The van der Waals surface area contributed by atoms with Crippen LogP contribution in [0, 0.1) is 18.8 Å². The summed E-state index contributed by atoms with van der Waals surface area (Å²) in [6.07, 6.45) is 0. The second kappa shape index (κ2) is 6.09. The second-order valence-electron chi connectivity index (χ2n) is 3.72. The van der Waals surface area contributed by atoms with Gasteiger partial charge in [0.05, 0.1) is 12.2 Å². The standard InChI is InChI=1S/C13H12N4OS/c1-9-12(19-17-16-9)13(18)15-11-6-4-10(5-7-11)3-2-8-14/h4-7H,8,14H2,1H3,(H,15,18). The molecule has 0 radical (unpaired) electrons. The number of hydrogen-bond acceptors (Lipinski definition) is 5. The minimum absolute atomic E-state index is 0.201. The van der Waals surface area contributed by atoms with Gasteiger partial charge in [-0.15, -0.1) is 5.10 Å². The molecule has 1 heterocycles. The summed E-state index contributed by atoms with van der Waals surface area (Å²) >= 11 is 1.08. The van der Waals surface area contributed by atoms with Gasteiger partial charge in [0.2, 0.25) is 0 Å². The fourth-order valence-electron chi connectivity index (χ4n) is 1.42. The molecule has 0 bridgehead atoms. The highest BCUT2D eigenvalue weighted by Crippen LogP contribution is 2.14.